The van der Waals surface area contributed by atoms with Crippen molar-refractivity contribution in [1.29, 1.82) is 0 Å². The third-order valence-corrected chi connectivity index (χ3v) is 13.7. The van der Waals surface area contributed by atoms with Crippen LogP contribution in [0, 0.1) is 0 Å². The summed E-state index contributed by atoms with van der Waals surface area (Å²) in [6.07, 6.45) is 0. The van der Waals surface area contributed by atoms with E-state index in [0.717, 1.165) is 0 Å². The molecular formula is C21H21ITi. The quantitative estimate of drug-likeness (QED) is 0.316. The number of hydrogen-bond acceptors (Lipinski definition) is 0. The van der Waals surface area contributed by atoms with Crippen LogP contribution in [-0.2, 0) is 27.0 Å². The fraction of sp³-hybridized carbons (Fsp3) is 0.143. The zero-order valence-electron chi connectivity index (χ0n) is 13.2. The van der Waals surface area contributed by atoms with Crippen LogP contribution in [0.4, 0.5) is 0 Å². The van der Waals surface area contributed by atoms with E-state index in [2.05, 4.69) is 110 Å². The summed E-state index contributed by atoms with van der Waals surface area (Å²) in [5.74, 6) is 0. The Hall–Kier alpha value is -0.896. The van der Waals surface area contributed by atoms with E-state index in [1.807, 2.05) is 0 Å². The van der Waals surface area contributed by atoms with Gasteiger partial charge in [0.2, 0.25) is 0 Å². The van der Waals surface area contributed by atoms with E-state index >= 15 is 0 Å². The Kier molecular flexibility index (Phi) is 6.10. The fourth-order valence-corrected chi connectivity index (χ4v) is 13.6. The molecule has 0 saturated carbocycles. The summed E-state index contributed by atoms with van der Waals surface area (Å²) in [7, 11) is 0. The molecule has 0 unspecified atom stereocenters. The Morgan fingerprint density at radius 2 is 0.739 bits per heavy atom. The van der Waals surface area contributed by atoms with Gasteiger partial charge in [0.1, 0.15) is 0 Å². The van der Waals surface area contributed by atoms with E-state index in [4.69, 9.17) is 0 Å². The number of rotatable bonds is 6. The van der Waals surface area contributed by atoms with Gasteiger partial charge in [-0.2, -0.15) is 0 Å². The summed E-state index contributed by atoms with van der Waals surface area (Å²) in [4.78, 5) is 0. The summed E-state index contributed by atoms with van der Waals surface area (Å²) >= 11 is 0.781. The van der Waals surface area contributed by atoms with Crippen LogP contribution in [0.15, 0.2) is 91.0 Å². The second-order valence-corrected chi connectivity index (χ2v) is 20.8. The average molecular weight is 448 g/mol. The van der Waals surface area contributed by atoms with Crippen molar-refractivity contribution in [1.82, 2.24) is 0 Å². The molecule has 23 heavy (non-hydrogen) atoms. The summed E-state index contributed by atoms with van der Waals surface area (Å²) < 4.78 is 3.81. The van der Waals surface area contributed by atoms with Crippen LogP contribution in [0.5, 0.6) is 0 Å². The molecule has 0 atom stereocenters. The number of benzene rings is 3. The van der Waals surface area contributed by atoms with Gasteiger partial charge in [-0.25, -0.2) is 0 Å². The van der Waals surface area contributed by atoms with Crippen molar-refractivity contribution in [3.63, 3.8) is 0 Å². The van der Waals surface area contributed by atoms with E-state index in [-0.39, 0.29) is 0 Å². The molecule has 116 valence electrons. The maximum absolute atomic E-state index is 2.87. The van der Waals surface area contributed by atoms with Crippen LogP contribution in [0.3, 0.4) is 0 Å². The molecule has 0 aliphatic carbocycles. The van der Waals surface area contributed by atoms with Gasteiger partial charge in [-0.3, -0.25) is 0 Å². The Bertz CT molecular complexity index is 609. The SMILES string of the molecule is [I][Ti]([CH2]c1ccccc1)([CH2]c1ccccc1)[CH2]c1ccccc1. The van der Waals surface area contributed by atoms with Gasteiger partial charge < -0.3 is 0 Å². The molecule has 0 radical (unpaired) electrons. The molecule has 0 aliphatic heterocycles. The molecule has 0 aromatic heterocycles. The van der Waals surface area contributed by atoms with E-state index < -0.39 is 12.8 Å². The van der Waals surface area contributed by atoms with Gasteiger partial charge in [-0.1, -0.05) is 0 Å². The van der Waals surface area contributed by atoms with Crippen molar-refractivity contribution in [2.75, 3.05) is 0 Å². The zero-order chi connectivity index (χ0) is 16.0. The summed E-state index contributed by atoms with van der Waals surface area (Å²) in [5.41, 5.74) is 4.48. The zero-order valence-corrected chi connectivity index (χ0v) is 16.9. The molecule has 0 saturated heterocycles. The van der Waals surface area contributed by atoms with Gasteiger partial charge in [-0.15, -0.1) is 0 Å². The molecule has 0 spiro atoms. The molecule has 3 rings (SSSR count). The first-order valence-corrected chi connectivity index (χ1v) is 16.4. The van der Waals surface area contributed by atoms with Gasteiger partial charge in [0.15, 0.2) is 0 Å². The molecule has 0 aliphatic rings. The van der Waals surface area contributed by atoms with E-state index in [9.17, 15) is 0 Å². The molecule has 0 N–H and O–H groups in total. The summed E-state index contributed by atoms with van der Waals surface area (Å²) in [6.45, 7) is 0. The van der Waals surface area contributed by atoms with Crippen molar-refractivity contribution in [3.8, 4) is 0 Å². The average Bonchev–Trinajstić information content (AvgIpc) is 2.57. The van der Waals surface area contributed by atoms with Crippen LogP contribution < -0.4 is 0 Å². The predicted octanol–water partition coefficient (Wildman–Crippen LogP) is 6.09. The Labute approximate surface area is 153 Å². The number of hydrogen-bond donors (Lipinski definition) is 0. The minimum absolute atomic E-state index is 1.27. The van der Waals surface area contributed by atoms with Crippen LogP contribution in [-0.4, -0.2) is 0 Å². The summed E-state index contributed by atoms with van der Waals surface area (Å²) in [6, 6.07) is 33.0. The Balaban J connectivity index is 1.85. The topological polar surface area (TPSA) is 0 Å². The Morgan fingerprint density at radius 1 is 0.478 bits per heavy atom. The van der Waals surface area contributed by atoms with Gasteiger partial charge in [0, 0.05) is 0 Å². The molecule has 2 heteroatoms. The van der Waals surface area contributed by atoms with Crippen molar-refractivity contribution < 1.29 is 12.8 Å². The predicted molar refractivity (Wildman–Crippen MR) is 104 cm³/mol. The minimum atomic E-state index is -2.09. The molecule has 0 heterocycles. The standard InChI is InChI=1S/3C7H7.HI.Ti/c3*1-7-5-3-2-4-6-7;;/h3*2-6H,1H2;1H;/q;;;;+1/p-1. The van der Waals surface area contributed by atoms with Crippen molar-refractivity contribution >= 4 is 19.2 Å². The summed E-state index contributed by atoms with van der Waals surface area (Å²) in [5, 5.41) is 0. The van der Waals surface area contributed by atoms with Gasteiger partial charge in [0.05, 0.1) is 0 Å². The number of halogens is 1. The maximum atomic E-state index is 2.87. The normalized spacial score (nSPS) is 11.3. The monoisotopic (exact) mass is 448 g/mol. The van der Waals surface area contributed by atoms with E-state index in [1.165, 1.54) is 30.9 Å². The molecular weight excluding hydrogens is 427 g/mol. The van der Waals surface area contributed by atoms with Gasteiger partial charge in [0.25, 0.3) is 0 Å². The van der Waals surface area contributed by atoms with E-state index in [0.29, 0.717) is 0 Å². The molecule has 3 aromatic rings. The van der Waals surface area contributed by atoms with Crippen LogP contribution in [0.1, 0.15) is 16.7 Å². The molecule has 0 fully saturated rings. The third kappa shape index (κ3) is 5.30. The van der Waals surface area contributed by atoms with Gasteiger partial charge >= 0.3 is 154 Å². The van der Waals surface area contributed by atoms with Crippen LogP contribution in [0.25, 0.3) is 0 Å². The van der Waals surface area contributed by atoms with E-state index in [1.54, 1.807) is 0 Å². The van der Waals surface area contributed by atoms with Crippen molar-refractivity contribution in [2.24, 2.45) is 0 Å². The third-order valence-electron chi connectivity index (χ3n) is 4.09. The molecule has 0 amide bonds. The van der Waals surface area contributed by atoms with Gasteiger partial charge in [-0.05, 0) is 0 Å². The first-order chi connectivity index (χ1) is 11.2. The fourth-order valence-electron chi connectivity index (χ4n) is 3.07. The first-order valence-electron chi connectivity index (χ1n) is 8.04. The second-order valence-electron chi connectivity index (χ2n) is 6.14. The molecule has 0 nitrogen and oxygen atoms in total. The molecule has 3 aromatic carbocycles. The van der Waals surface area contributed by atoms with Crippen molar-refractivity contribution in [2.45, 2.75) is 14.2 Å². The first kappa shape index (κ1) is 16.9. The van der Waals surface area contributed by atoms with Crippen LogP contribution >= 0.6 is 19.2 Å². The van der Waals surface area contributed by atoms with Crippen LogP contribution in [0.2, 0.25) is 0 Å². The molecule has 0 bridgehead atoms. The Morgan fingerprint density at radius 3 is 1.00 bits per heavy atom. The second kappa shape index (κ2) is 8.28. The van der Waals surface area contributed by atoms with Crippen molar-refractivity contribution in [3.05, 3.63) is 108 Å².